The minimum absolute atomic E-state index is 0.192. The van der Waals surface area contributed by atoms with Crippen LogP contribution in [0.25, 0.3) is 0 Å². The van der Waals surface area contributed by atoms with Gasteiger partial charge in [0.1, 0.15) is 11.4 Å². The van der Waals surface area contributed by atoms with Crippen LogP contribution in [-0.2, 0) is 12.8 Å². The van der Waals surface area contributed by atoms with Gasteiger partial charge in [-0.2, -0.15) is 0 Å². The normalized spacial score (nSPS) is 10.4. The zero-order valence-electron chi connectivity index (χ0n) is 16.0. The molecule has 0 aliphatic rings. The zero-order valence-corrected chi connectivity index (χ0v) is 16.0. The second-order valence-electron chi connectivity index (χ2n) is 6.42. The van der Waals surface area contributed by atoms with Crippen LogP contribution in [0.4, 0.5) is 11.4 Å². The van der Waals surface area contributed by atoms with Crippen LogP contribution in [-0.4, -0.2) is 16.8 Å². The number of amides is 2. The predicted molar refractivity (Wildman–Crippen MR) is 112 cm³/mol. The van der Waals surface area contributed by atoms with Crippen molar-refractivity contribution in [3.63, 3.8) is 0 Å². The van der Waals surface area contributed by atoms with Crippen LogP contribution in [0.1, 0.15) is 46.0 Å². The van der Waals surface area contributed by atoms with Crippen LogP contribution in [0.2, 0.25) is 0 Å². The molecule has 0 fully saturated rings. The molecule has 28 heavy (non-hydrogen) atoms. The Morgan fingerprint density at radius 3 is 1.57 bits per heavy atom. The van der Waals surface area contributed by atoms with E-state index in [1.165, 1.54) is 0 Å². The van der Waals surface area contributed by atoms with Crippen LogP contribution in [0, 0.1) is 0 Å². The average molecular weight is 373 g/mol. The molecule has 3 aromatic rings. The van der Waals surface area contributed by atoms with Gasteiger partial charge in [0, 0.05) is 11.4 Å². The maximum Gasteiger partial charge on any atom is 0.274 e. The first-order chi connectivity index (χ1) is 13.6. The molecule has 3 rings (SSSR count). The summed E-state index contributed by atoms with van der Waals surface area (Å²) in [5.74, 6) is -0.702. The Bertz CT molecular complexity index is 922. The number of carbonyl (C=O) groups is 2. The van der Waals surface area contributed by atoms with E-state index in [1.54, 1.807) is 18.2 Å². The van der Waals surface area contributed by atoms with Crippen molar-refractivity contribution in [2.45, 2.75) is 26.7 Å². The lowest BCUT2D eigenvalue weighted by Gasteiger charge is -2.09. The van der Waals surface area contributed by atoms with Crippen LogP contribution < -0.4 is 10.6 Å². The molecule has 2 N–H and O–H groups in total. The summed E-state index contributed by atoms with van der Waals surface area (Å²) < 4.78 is 0. The van der Waals surface area contributed by atoms with Gasteiger partial charge in [0.25, 0.3) is 11.8 Å². The maximum atomic E-state index is 12.5. The van der Waals surface area contributed by atoms with Gasteiger partial charge >= 0.3 is 0 Å². The number of rotatable bonds is 6. The van der Waals surface area contributed by atoms with Gasteiger partial charge in [0.05, 0.1) is 0 Å². The molecule has 1 aromatic heterocycles. The molecule has 0 saturated carbocycles. The summed E-state index contributed by atoms with van der Waals surface area (Å²) >= 11 is 0. The number of benzene rings is 2. The van der Waals surface area contributed by atoms with E-state index in [4.69, 9.17) is 0 Å². The third-order valence-corrected chi connectivity index (χ3v) is 4.40. The predicted octanol–water partition coefficient (Wildman–Crippen LogP) is 4.71. The van der Waals surface area contributed by atoms with Crippen LogP contribution in [0.3, 0.4) is 0 Å². The molecule has 0 spiro atoms. The fourth-order valence-electron chi connectivity index (χ4n) is 2.82. The number of pyridine rings is 1. The topological polar surface area (TPSA) is 71.1 Å². The molecule has 5 nitrogen and oxygen atoms in total. The number of anilines is 2. The second-order valence-corrected chi connectivity index (χ2v) is 6.42. The Morgan fingerprint density at radius 2 is 1.14 bits per heavy atom. The SMILES string of the molecule is CCc1cccc(NC(=O)c2cccc(C(=O)Nc3cccc(CC)c3)n2)c1. The quantitative estimate of drug-likeness (QED) is 0.657. The highest BCUT2D eigenvalue weighted by atomic mass is 16.2. The first kappa shape index (κ1) is 19.3. The summed E-state index contributed by atoms with van der Waals surface area (Å²) in [7, 11) is 0. The molecule has 0 unspecified atom stereocenters. The molecule has 0 bridgehead atoms. The number of carbonyl (C=O) groups excluding carboxylic acids is 2. The Labute approximate surface area is 164 Å². The molecule has 0 radical (unpaired) electrons. The standard InChI is InChI=1S/C23H23N3O2/c1-3-16-8-5-10-18(14-16)24-22(27)20-12-7-13-21(26-20)23(28)25-19-11-6-9-17(4-2)15-19/h5-15H,3-4H2,1-2H3,(H,24,27)(H,25,28). The second kappa shape index (κ2) is 8.95. The molecular formula is C23H23N3O2. The summed E-state index contributed by atoms with van der Waals surface area (Å²) in [6.07, 6.45) is 1.77. The number of nitrogens with one attached hydrogen (secondary N) is 2. The largest absolute Gasteiger partial charge is 0.321 e. The van der Waals surface area contributed by atoms with Gasteiger partial charge in [-0.3, -0.25) is 9.59 Å². The summed E-state index contributed by atoms with van der Waals surface area (Å²) in [6, 6.07) is 20.2. The lowest BCUT2D eigenvalue weighted by atomic mass is 10.1. The smallest absolute Gasteiger partial charge is 0.274 e. The van der Waals surface area contributed by atoms with Crippen molar-refractivity contribution in [2.24, 2.45) is 0 Å². The highest BCUT2D eigenvalue weighted by molar-refractivity contribution is 6.06. The van der Waals surface area contributed by atoms with Gasteiger partial charge in [-0.15, -0.1) is 0 Å². The molecule has 0 aliphatic carbocycles. The molecule has 5 heteroatoms. The summed E-state index contributed by atoms with van der Waals surface area (Å²) in [4.78, 5) is 29.3. The Hall–Kier alpha value is -3.47. The van der Waals surface area contributed by atoms with Crippen molar-refractivity contribution in [2.75, 3.05) is 10.6 Å². The molecule has 0 saturated heterocycles. The van der Waals surface area contributed by atoms with E-state index in [0.29, 0.717) is 11.4 Å². The first-order valence-corrected chi connectivity index (χ1v) is 9.36. The fraction of sp³-hybridized carbons (Fsp3) is 0.174. The minimum atomic E-state index is -0.351. The number of aryl methyl sites for hydroxylation is 2. The van der Waals surface area contributed by atoms with Gasteiger partial charge in [-0.25, -0.2) is 4.98 Å². The van der Waals surface area contributed by atoms with E-state index in [1.807, 2.05) is 48.5 Å². The molecule has 2 amide bonds. The van der Waals surface area contributed by atoms with E-state index >= 15 is 0 Å². The lowest BCUT2D eigenvalue weighted by molar-refractivity contribution is 0.101. The molecule has 142 valence electrons. The van der Waals surface area contributed by atoms with E-state index in [-0.39, 0.29) is 23.2 Å². The number of hydrogen-bond donors (Lipinski definition) is 2. The van der Waals surface area contributed by atoms with Crippen LogP contribution in [0.5, 0.6) is 0 Å². The van der Waals surface area contributed by atoms with E-state index in [2.05, 4.69) is 29.5 Å². The van der Waals surface area contributed by atoms with Crippen molar-refractivity contribution in [3.8, 4) is 0 Å². The molecule has 0 aliphatic heterocycles. The van der Waals surface area contributed by atoms with Crippen molar-refractivity contribution in [1.29, 1.82) is 0 Å². The maximum absolute atomic E-state index is 12.5. The monoisotopic (exact) mass is 373 g/mol. The summed E-state index contributed by atoms with van der Waals surface area (Å²) in [5, 5.41) is 5.66. The van der Waals surface area contributed by atoms with E-state index < -0.39 is 0 Å². The number of nitrogens with zero attached hydrogens (tertiary/aromatic N) is 1. The summed E-state index contributed by atoms with van der Waals surface area (Å²) in [5.41, 5.74) is 4.06. The average Bonchev–Trinajstić information content (AvgIpc) is 2.74. The lowest BCUT2D eigenvalue weighted by Crippen LogP contribution is -2.18. The van der Waals surface area contributed by atoms with Crippen molar-refractivity contribution >= 4 is 23.2 Å². The molecule has 0 atom stereocenters. The highest BCUT2D eigenvalue weighted by Gasteiger charge is 2.13. The Kier molecular flexibility index (Phi) is 6.17. The highest BCUT2D eigenvalue weighted by Crippen LogP contribution is 2.14. The number of hydrogen-bond acceptors (Lipinski definition) is 3. The first-order valence-electron chi connectivity index (χ1n) is 9.36. The van der Waals surface area contributed by atoms with E-state index in [0.717, 1.165) is 24.0 Å². The van der Waals surface area contributed by atoms with Gasteiger partial charge in [0.2, 0.25) is 0 Å². The molecule has 1 heterocycles. The van der Waals surface area contributed by atoms with Gasteiger partial charge in [0.15, 0.2) is 0 Å². The minimum Gasteiger partial charge on any atom is -0.321 e. The molecule has 2 aromatic carbocycles. The van der Waals surface area contributed by atoms with Gasteiger partial charge in [-0.05, 0) is 60.4 Å². The van der Waals surface area contributed by atoms with Crippen molar-refractivity contribution in [3.05, 3.63) is 89.2 Å². The fourth-order valence-corrected chi connectivity index (χ4v) is 2.82. The van der Waals surface area contributed by atoms with Gasteiger partial charge < -0.3 is 10.6 Å². The van der Waals surface area contributed by atoms with Crippen molar-refractivity contribution < 1.29 is 9.59 Å². The van der Waals surface area contributed by atoms with Crippen molar-refractivity contribution in [1.82, 2.24) is 4.98 Å². The van der Waals surface area contributed by atoms with Crippen LogP contribution in [0.15, 0.2) is 66.7 Å². The third-order valence-electron chi connectivity index (χ3n) is 4.40. The Morgan fingerprint density at radius 1 is 0.714 bits per heavy atom. The molecular weight excluding hydrogens is 350 g/mol. The summed E-state index contributed by atoms with van der Waals surface area (Å²) in [6.45, 7) is 4.11. The number of aromatic nitrogens is 1. The van der Waals surface area contributed by atoms with Gasteiger partial charge in [-0.1, -0.05) is 44.2 Å². The third kappa shape index (κ3) is 4.82. The van der Waals surface area contributed by atoms with Crippen LogP contribution >= 0.6 is 0 Å². The van der Waals surface area contributed by atoms with E-state index in [9.17, 15) is 9.59 Å². The Balaban J connectivity index is 1.73. The zero-order chi connectivity index (χ0) is 19.9.